The Balaban J connectivity index is 2.12. The molecule has 1 amide bonds. The highest BCUT2D eigenvalue weighted by Gasteiger charge is 2.24. The Morgan fingerprint density at radius 2 is 1.87 bits per heavy atom. The summed E-state index contributed by atoms with van der Waals surface area (Å²) in [6, 6.07) is 6.92. The SMILES string of the molecule is CNC1CCN(C(=O)c2cccc(NC(C)C(C)C)c2C)CC1. The fourth-order valence-electron chi connectivity index (χ4n) is 2.98. The van der Waals surface area contributed by atoms with Crippen molar-refractivity contribution in [2.45, 2.75) is 52.6 Å². The molecule has 4 nitrogen and oxygen atoms in total. The van der Waals surface area contributed by atoms with Crippen molar-refractivity contribution in [2.75, 3.05) is 25.5 Å². The maximum Gasteiger partial charge on any atom is 0.254 e. The Labute approximate surface area is 140 Å². The molecule has 1 aliphatic rings. The van der Waals surface area contributed by atoms with Crippen molar-refractivity contribution < 1.29 is 4.79 Å². The van der Waals surface area contributed by atoms with Gasteiger partial charge in [0, 0.05) is 36.4 Å². The van der Waals surface area contributed by atoms with Crippen molar-refractivity contribution in [3.8, 4) is 0 Å². The van der Waals surface area contributed by atoms with Crippen LogP contribution >= 0.6 is 0 Å². The number of likely N-dealkylation sites (tertiary alicyclic amines) is 1. The quantitative estimate of drug-likeness (QED) is 0.876. The number of hydrogen-bond acceptors (Lipinski definition) is 3. The van der Waals surface area contributed by atoms with Gasteiger partial charge in [-0.1, -0.05) is 19.9 Å². The van der Waals surface area contributed by atoms with E-state index < -0.39 is 0 Å². The first kappa shape index (κ1) is 17.8. The van der Waals surface area contributed by atoms with E-state index in [1.165, 1.54) is 0 Å². The van der Waals surface area contributed by atoms with E-state index in [0.29, 0.717) is 18.0 Å². The van der Waals surface area contributed by atoms with E-state index in [-0.39, 0.29) is 5.91 Å². The average Bonchev–Trinajstić information content (AvgIpc) is 2.56. The van der Waals surface area contributed by atoms with Crippen molar-refractivity contribution in [1.29, 1.82) is 0 Å². The van der Waals surface area contributed by atoms with Crippen LogP contribution in [0.3, 0.4) is 0 Å². The second-order valence-electron chi connectivity index (χ2n) is 7.01. The van der Waals surface area contributed by atoms with E-state index >= 15 is 0 Å². The molecule has 1 aliphatic heterocycles. The molecule has 0 bridgehead atoms. The van der Waals surface area contributed by atoms with Crippen LogP contribution in [0.4, 0.5) is 5.69 Å². The van der Waals surface area contributed by atoms with Gasteiger partial charge in [0.15, 0.2) is 0 Å². The molecule has 1 atom stereocenters. The number of nitrogens with zero attached hydrogens (tertiary/aromatic N) is 1. The van der Waals surface area contributed by atoms with Crippen molar-refractivity contribution in [3.05, 3.63) is 29.3 Å². The monoisotopic (exact) mass is 317 g/mol. The zero-order valence-electron chi connectivity index (χ0n) is 15.1. The second kappa shape index (κ2) is 7.82. The average molecular weight is 317 g/mol. The lowest BCUT2D eigenvalue weighted by molar-refractivity contribution is 0.0706. The van der Waals surface area contributed by atoms with E-state index in [2.05, 4.69) is 37.5 Å². The van der Waals surface area contributed by atoms with Crippen molar-refractivity contribution in [1.82, 2.24) is 10.2 Å². The Morgan fingerprint density at radius 3 is 2.43 bits per heavy atom. The molecular weight excluding hydrogens is 286 g/mol. The van der Waals surface area contributed by atoms with E-state index in [9.17, 15) is 4.79 Å². The highest BCUT2D eigenvalue weighted by molar-refractivity contribution is 5.97. The Hall–Kier alpha value is -1.55. The van der Waals surface area contributed by atoms with Crippen LogP contribution < -0.4 is 10.6 Å². The first-order valence-corrected chi connectivity index (χ1v) is 8.76. The lowest BCUT2D eigenvalue weighted by Gasteiger charge is -2.32. The van der Waals surface area contributed by atoms with Gasteiger partial charge in [-0.15, -0.1) is 0 Å². The molecule has 1 fully saturated rings. The second-order valence-corrected chi connectivity index (χ2v) is 7.01. The molecule has 0 aliphatic carbocycles. The van der Waals surface area contributed by atoms with Crippen LogP contribution in [-0.4, -0.2) is 43.0 Å². The van der Waals surface area contributed by atoms with Gasteiger partial charge in [0.1, 0.15) is 0 Å². The zero-order chi connectivity index (χ0) is 17.0. The summed E-state index contributed by atoms with van der Waals surface area (Å²) in [6.07, 6.45) is 2.06. The van der Waals surface area contributed by atoms with Gasteiger partial charge in [-0.2, -0.15) is 0 Å². The lowest BCUT2D eigenvalue weighted by atomic mass is 10.0. The summed E-state index contributed by atoms with van der Waals surface area (Å²) in [5.74, 6) is 0.715. The minimum absolute atomic E-state index is 0.165. The van der Waals surface area contributed by atoms with Gasteiger partial charge in [-0.3, -0.25) is 4.79 Å². The lowest BCUT2D eigenvalue weighted by Crippen LogP contribution is -2.44. The van der Waals surface area contributed by atoms with Crippen molar-refractivity contribution in [3.63, 3.8) is 0 Å². The molecule has 2 N–H and O–H groups in total. The van der Waals surface area contributed by atoms with E-state index in [1.807, 2.05) is 31.0 Å². The van der Waals surface area contributed by atoms with Crippen LogP contribution in [0.1, 0.15) is 49.5 Å². The van der Waals surface area contributed by atoms with E-state index in [0.717, 1.165) is 42.7 Å². The molecule has 1 heterocycles. The fraction of sp³-hybridized carbons (Fsp3) is 0.632. The molecule has 1 unspecified atom stereocenters. The summed E-state index contributed by atoms with van der Waals surface area (Å²) in [6.45, 7) is 10.3. The molecule has 4 heteroatoms. The van der Waals surface area contributed by atoms with Crippen LogP contribution in [0.25, 0.3) is 0 Å². The first-order chi connectivity index (χ1) is 10.9. The highest BCUT2D eigenvalue weighted by Crippen LogP contribution is 2.23. The van der Waals surface area contributed by atoms with Gasteiger partial charge in [0.25, 0.3) is 5.91 Å². The molecule has 1 saturated heterocycles. The van der Waals surface area contributed by atoms with Crippen LogP contribution in [0.15, 0.2) is 18.2 Å². The third-order valence-electron chi connectivity index (χ3n) is 5.14. The van der Waals surface area contributed by atoms with Crippen LogP contribution in [0, 0.1) is 12.8 Å². The number of nitrogens with one attached hydrogen (secondary N) is 2. The Kier molecular flexibility index (Phi) is 6.05. The molecule has 128 valence electrons. The summed E-state index contributed by atoms with van der Waals surface area (Å²) in [7, 11) is 2.00. The van der Waals surface area contributed by atoms with Gasteiger partial charge in [-0.05, 0) is 57.4 Å². The third kappa shape index (κ3) is 4.25. The molecular formula is C19H31N3O. The molecule has 0 saturated carbocycles. The van der Waals surface area contributed by atoms with Crippen molar-refractivity contribution in [2.24, 2.45) is 5.92 Å². The number of hydrogen-bond donors (Lipinski definition) is 2. The zero-order valence-corrected chi connectivity index (χ0v) is 15.1. The van der Waals surface area contributed by atoms with Gasteiger partial charge >= 0.3 is 0 Å². The maximum atomic E-state index is 12.9. The smallest absolute Gasteiger partial charge is 0.254 e. The van der Waals surface area contributed by atoms with Gasteiger partial charge in [0.05, 0.1) is 0 Å². The number of amides is 1. The van der Waals surface area contributed by atoms with E-state index in [4.69, 9.17) is 0 Å². The molecule has 0 radical (unpaired) electrons. The minimum Gasteiger partial charge on any atom is -0.382 e. The fourth-order valence-corrected chi connectivity index (χ4v) is 2.98. The van der Waals surface area contributed by atoms with Crippen LogP contribution in [0.5, 0.6) is 0 Å². The van der Waals surface area contributed by atoms with Crippen LogP contribution in [-0.2, 0) is 0 Å². The maximum absolute atomic E-state index is 12.9. The molecule has 1 aromatic rings. The number of piperidine rings is 1. The standard InChI is InChI=1S/C19H31N3O/c1-13(2)15(4)21-18-8-6-7-17(14(18)3)19(23)22-11-9-16(20-5)10-12-22/h6-8,13,15-16,20-21H,9-12H2,1-5H3. The normalized spacial score (nSPS) is 17.4. The molecule has 23 heavy (non-hydrogen) atoms. The third-order valence-corrected chi connectivity index (χ3v) is 5.14. The topological polar surface area (TPSA) is 44.4 Å². The highest BCUT2D eigenvalue weighted by atomic mass is 16.2. The summed E-state index contributed by atoms with van der Waals surface area (Å²) < 4.78 is 0. The molecule has 0 aromatic heterocycles. The number of benzene rings is 1. The largest absolute Gasteiger partial charge is 0.382 e. The predicted molar refractivity (Wildman–Crippen MR) is 97.1 cm³/mol. The van der Waals surface area contributed by atoms with Gasteiger partial charge < -0.3 is 15.5 Å². The van der Waals surface area contributed by atoms with Crippen LogP contribution in [0.2, 0.25) is 0 Å². The van der Waals surface area contributed by atoms with Gasteiger partial charge in [-0.25, -0.2) is 0 Å². The summed E-state index contributed by atoms with van der Waals surface area (Å²) in [5.41, 5.74) is 2.96. The molecule has 0 spiro atoms. The number of carbonyl (C=O) groups excluding carboxylic acids is 1. The van der Waals surface area contributed by atoms with Crippen molar-refractivity contribution >= 4 is 11.6 Å². The Bertz CT molecular complexity index is 533. The number of carbonyl (C=O) groups is 1. The minimum atomic E-state index is 0.165. The first-order valence-electron chi connectivity index (χ1n) is 8.76. The van der Waals surface area contributed by atoms with E-state index in [1.54, 1.807) is 0 Å². The predicted octanol–water partition coefficient (Wildman–Crippen LogP) is 3.28. The summed E-state index contributed by atoms with van der Waals surface area (Å²) in [5, 5.41) is 6.85. The summed E-state index contributed by atoms with van der Waals surface area (Å²) in [4.78, 5) is 14.9. The number of rotatable bonds is 5. The molecule has 1 aromatic carbocycles. The summed E-state index contributed by atoms with van der Waals surface area (Å²) >= 11 is 0. The molecule has 2 rings (SSSR count). The number of anilines is 1. The van der Waals surface area contributed by atoms with Gasteiger partial charge in [0.2, 0.25) is 0 Å². The Morgan fingerprint density at radius 1 is 1.22 bits per heavy atom.